The summed E-state index contributed by atoms with van der Waals surface area (Å²) in [6.45, 7) is 6.38. The average molecular weight is 353 g/mol. The first kappa shape index (κ1) is 16.8. The number of fused-ring (bicyclic) bond motifs is 2. The number of amides is 1. The molecule has 0 unspecified atom stereocenters. The second-order valence-electron chi connectivity index (χ2n) is 6.61. The molecule has 1 aromatic carbocycles. The molecule has 1 amide bonds. The molecule has 0 bridgehead atoms. The Hall–Kier alpha value is -2.67. The second-order valence-corrected chi connectivity index (χ2v) is 6.61. The van der Waals surface area contributed by atoms with E-state index in [2.05, 4.69) is 14.8 Å². The van der Waals surface area contributed by atoms with E-state index in [9.17, 15) is 4.79 Å². The molecule has 136 valence electrons. The molecule has 3 heterocycles. The lowest BCUT2D eigenvalue weighted by atomic mass is 10.1. The molecule has 0 saturated heterocycles. The van der Waals surface area contributed by atoms with Gasteiger partial charge in [0.1, 0.15) is 6.61 Å². The number of hydrogen-bond acceptors (Lipinski definition) is 4. The SMILES string of the molecule is CCOCc1nnc2n1CCN(C(=O)c1cn(C)c3ccccc13)[C@@H]2C. The summed E-state index contributed by atoms with van der Waals surface area (Å²) in [4.78, 5) is 15.1. The smallest absolute Gasteiger partial charge is 0.256 e. The van der Waals surface area contributed by atoms with Crippen molar-refractivity contribution in [3.05, 3.63) is 47.7 Å². The third-order valence-electron chi connectivity index (χ3n) is 5.09. The van der Waals surface area contributed by atoms with Crippen LogP contribution in [0, 0.1) is 0 Å². The fourth-order valence-electron chi connectivity index (χ4n) is 3.69. The highest BCUT2D eigenvalue weighted by Crippen LogP contribution is 2.29. The number of aryl methyl sites for hydroxylation is 1. The number of ether oxygens (including phenoxy) is 1. The third-order valence-corrected chi connectivity index (χ3v) is 5.09. The van der Waals surface area contributed by atoms with Gasteiger partial charge in [-0.15, -0.1) is 10.2 Å². The molecule has 0 N–H and O–H groups in total. The van der Waals surface area contributed by atoms with Crippen LogP contribution in [0.4, 0.5) is 0 Å². The summed E-state index contributed by atoms with van der Waals surface area (Å²) in [7, 11) is 1.97. The molecule has 0 fully saturated rings. The van der Waals surface area contributed by atoms with Gasteiger partial charge in [-0.25, -0.2) is 0 Å². The van der Waals surface area contributed by atoms with Crippen LogP contribution in [0.5, 0.6) is 0 Å². The highest BCUT2D eigenvalue weighted by atomic mass is 16.5. The summed E-state index contributed by atoms with van der Waals surface area (Å²) >= 11 is 0. The van der Waals surface area contributed by atoms with Crippen molar-refractivity contribution >= 4 is 16.8 Å². The Labute approximate surface area is 152 Å². The first-order valence-electron chi connectivity index (χ1n) is 8.96. The number of rotatable bonds is 4. The molecule has 2 aromatic heterocycles. The highest BCUT2D eigenvalue weighted by molar-refractivity contribution is 6.07. The molecule has 0 spiro atoms. The zero-order valence-corrected chi connectivity index (χ0v) is 15.3. The van der Waals surface area contributed by atoms with Crippen molar-refractivity contribution in [2.45, 2.75) is 33.0 Å². The Morgan fingerprint density at radius 2 is 2.08 bits per heavy atom. The number of para-hydroxylation sites is 1. The van der Waals surface area contributed by atoms with E-state index in [1.54, 1.807) is 0 Å². The summed E-state index contributed by atoms with van der Waals surface area (Å²) < 4.78 is 9.54. The summed E-state index contributed by atoms with van der Waals surface area (Å²) in [5.41, 5.74) is 1.79. The van der Waals surface area contributed by atoms with Crippen molar-refractivity contribution in [1.29, 1.82) is 0 Å². The van der Waals surface area contributed by atoms with E-state index in [0.29, 0.717) is 26.3 Å². The zero-order chi connectivity index (χ0) is 18.3. The van der Waals surface area contributed by atoms with E-state index in [0.717, 1.165) is 28.1 Å². The number of carbonyl (C=O) groups excluding carboxylic acids is 1. The lowest BCUT2D eigenvalue weighted by molar-refractivity contribution is 0.0631. The predicted molar refractivity (Wildman–Crippen MR) is 97.7 cm³/mol. The number of aromatic nitrogens is 4. The molecule has 1 aliphatic rings. The van der Waals surface area contributed by atoms with Crippen molar-refractivity contribution in [3.8, 4) is 0 Å². The Kier molecular flexibility index (Phi) is 4.24. The second kappa shape index (κ2) is 6.57. The van der Waals surface area contributed by atoms with Gasteiger partial charge in [0.15, 0.2) is 11.6 Å². The Morgan fingerprint density at radius 1 is 1.27 bits per heavy atom. The molecule has 7 heteroatoms. The zero-order valence-electron chi connectivity index (χ0n) is 15.3. The fourth-order valence-corrected chi connectivity index (χ4v) is 3.69. The molecule has 1 aliphatic heterocycles. The van der Waals surface area contributed by atoms with Crippen LogP contribution in [0.15, 0.2) is 30.5 Å². The van der Waals surface area contributed by atoms with Gasteiger partial charge in [-0.05, 0) is 19.9 Å². The van der Waals surface area contributed by atoms with Gasteiger partial charge >= 0.3 is 0 Å². The van der Waals surface area contributed by atoms with Crippen molar-refractivity contribution < 1.29 is 9.53 Å². The van der Waals surface area contributed by atoms with Gasteiger partial charge in [-0.1, -0.05) is 18.2 Å². The summed E-state index contributed by atoms with van der Waals surface area (Å²) in [5, 5.41) is 9.55. The molecule has 4 rings (SSSR count). The fraction of sp³-hybridized carbons (Fsp3) is 0.421. The van der Waals surface area contributed by atoms with Gasteiger partial charge in [-0.3, -0.25) is 4.79 Å². The van der Waals surface area contributed by atoms with Crippen molar-refractivity contribution in [2.75, 3.05) is 13.2 Å². The van der Waals surface area contributed by atoms with Gasteiger partial charge in [-0.2, -0.15) is 0 Å². The molecule has 3 aromatic rings. The monoisotopic (exact) mass is 353 g/mol. The van der Waals surface area contributed by atoms with Crippen molar-refractivity contribution in [1.82, 2.24) is 24.2 Å². The molecule has 26 heavy (non-hydrogen) atoms. The molecule has 0 aliphatic carbocycles. The van der Waals surface area contributed by atoms with Crippen LogP contribution in [0.3, 0.4) is 0 Å². The Balaban J connectivity index is 1.64. The van der Waals surface area contributed by atoms with E-state index in [1.807, 2.05) is 60.8 Å². The minimum Gasteiger partial charge on any atom is -0.374 e. The van der Waals surface area contributed by atoms with Crippen LogP contribution in [-0.2, 0) is 24.9 Å². The van der Waals surface area contributed by atoms with Crippen LogP contribution >= 0.6 is 0 Å². The molecular formula is C19H23N5O2. The summed E-state index contributed by atoms with van der Waals surface area (Å²) in [6.07, 6.45) is 1.92. The van der Waals surface area contributed by atoms with Crippen LogP contribution < -0.4 is 0 Å². The van der Waals surface area contributed by atoms with Crippen molar-refractivity contribution in [2.24, 2.45) is 7.05 Å². The maximum Gasteiger partial charge on any atom is 0.256 e. The largest absolute Gasteiger partial charge is 0.374 e. The molecule has 0 saturated carbocycles. The molecule has 1 atom stereocenters. The van der Waals surface area contributed by atoms with E-state index < -0.39 is 0 Å². The number of hydrogen-bond donors (Lipinski definition) is 0. The topological polar surface area (TPSA) is 65.2 Å². The van der Waals surface area contributed by atoms with Gasteiger partial charge in [0, 0.05) is 43.8 Å². The van der Waals surface area contributed by atoms with Gasteiger partial charge in [0.25, 0.3) is 5.91 Å². The normalized spacial score (nSPS) is 16.9. The lowest BCUT2D eigenvalue weighted by Gasteiger charge is -2.33. The lowest BCUT2D eigenvalue weighted by Crippen LogP contribution is -2.41. The molecular weight excluding hydrogens is 330 g/mol. The average Bonchev–Trinajstić information content (AvgIpc) is 3.22. The quantitative estimate of drug-likeness (QED) is 0.723. The van der Waals surface area contributed by atoms with E-state index >= 15 is 0 Å². The maximum atomic E-state index is 13.3. The first-order chi connectivity index (χ1) is 12.6. The van der Waals surface area contributed by atoms with Crippen LogP contribution in [0.2, 0.25) is 0 Å². The summed E-state index contributed by atoms with van der Waals surface area (Å²) in [5.74, 6) is 1.68. The third kappa shape index (κ3) is 2.59. The van der Waals surface area contributed by atoms with E-state index in [-0.39, 0.29) is 11.9 Å². The molecule has 0 radical (unpaired) electrons. The first-order valence-corrected chi connectivity index (χ1v) is 8.96. The minimum atomic E-state index is -0.127. The molecule has 7 nitrogen and oxygen atoms in total. The minimum absolute atomic E-state index is 0.0370. The van der Waals surface area contributed by atoms with Gasteiger partial charge in [0.2, 0.25) is 0 Å². The van der Waals surface area contributed by atoms with Crippen LogP contribution in [0.25, 0.3) is 10.9 Å². The number of benzene rings is 1. The van der Waals surface area contributed by atoms with Gasteiger partial charge < -0.3 is 18.8 Å². The van der Waals surface area contributed by atoms with E-state index in [4.69, 9.17) is 4.74 Å². The van der Waals surface area contributed by atoms with E-state index in [1.165, 1.54) is 0 Å². The maximum absolute atomic E-state index is 13.3. The highest BCUT2D eigenvalue weighted by Gasteiger charge is 2.32. The standard InChI is InChI=1S/C19H23N5O2/c1-4-26-12-17-20-21-18-13(2)23(9-10-24(17)18)19(25)15-11-22(3)16-8-6-5-7-14(15)16/h5-8,11,13H,4,9-10,12H2,1-3H3/t13-/m1/s1. The summed E-state index contributed by atoms with van der Waals surface area (Å²) in [6, 6.07) is 7.86. The van der Waals surface area contributed by atoms with Gasteiger partial charge in [0.05, 0.1) is 11.6 Å². The van der Waals surface area contributed by atoms with Crippen LogP contribution in [0.1, 0.15) is 41.9 Å². The Bertz CT molecular complexity index is 958. The van der Waals surface area contributed by atoms with Crippen molar-refractivity contribution in [3.63, 3.8) is 0 Å². The van der Waals surface area contributed by atoms with Crippen LogP contribution in [-0.4, -0.2) is 43.3 Å². The Morgan fingerprint density at radius 3 is 2.88 bits per heavy atom. The number of carbonyl (C=O) groups is 1. The number of nitrogens with zero attached hydrogens (tertiary/aromatic N) is 5. The predicted octanol–water partition coefficient (Wildman–Crippen LogP) is 2.52.